The Hall–Kier alpha value is -1.32. The number of methoxy groups -OCH3 is 1. The summed E-state index contributed by atoms with van der Waals surface area (Å²) in [5, 5.41) is 10.4. The van der Waals surface area contributed by atoms with Crippen LogP contribution in [0.5, 0.6) is 5.75 Å². The van der Waals surface area contributed by atoms with Gasteiger partial charge in [-0.05, 0) is 56.0 Å². The van der Waals surface area contributed by atoms with Crippen molar-refractivity contribution in [2.75, 3.05) is 7.11 Å². The van der Waals surface area contributed by atoms with Crippen molar-refractivity contribution in [3.05, 3.63) is 63.1 Å². The van der Waals surface area contributed by atoms with E-state index >= 15 is 0 Å². The van der Waals surface area contributed by atoms with Crippen LogP contribution in [0.2, 0.25) is 0 Å². The minimum atomic E-state index is -0.408. The molecule has 1 unspecified atom stereocenters. The fourth-order valence-electron chi connectivity index (χ4n) is 2.62. The van der Waals surface area contributed by atoms with Gasteiger partial charge in [0.1, 0.15) is 5.75 Å². The van der Waals surface area contributed by atoms with Crippen LogP contribution in [-0.4, -0.2) is 18.3 Å². The molecule has 0 aliphatic heterocycles. The highest BCUT2D eigenvalue weighted by molar-refractivity contribution is 9.10. The fraction of sp³-hybridized carbons (Fsp3) is 0.333. The normalized spacial score (nSPS) is 12.2. The summed E-state index contributed by atoms with van der Waals surface area (Å²) in [6.07, 6.45) is 0.853. The number of ether oxygens (including phenoxy) is 1. The maximum absolute atomic E-state index is 10.4. The second-order valence-electron chi connectivity index (χ2n) is 5.52. The third-order valence-corrected chi connectivity index (χ3v) is 4.23. The molecule has 3 heteroatoms. The lowest BCUT2D eigenvalue weighted by atomic mass is 9.98. The first-order chi connectivity index (χ1) is 9.97. The van der Waals surface area contributed by atoms with E-state index < -0.39 is 6.10 Å². The first kappa shape index (κ1) is 16.1. The van der Waals surface area contributed by atoms with Crippen molar-refractivity contribution in [2.45, 2.75) is 32.8 Å². The highest BCUT2D eigenvalue weighted by atomic mass is 79.9. The molecular weight excluding hydrogens is 328 g/mol. The molecule has 1 N–H and O–H groups in total. The summed E-state index contributed by atoms with van der Waals surface area (Å²) < 4.78 is 6.24. The van der Waals surface area contributed by atoms with Gasteiger partial charge in [0, 0.05) is 4.47 Å². The molecule has 0 aliphatic carbocycles. The summed E-state index contributed by atoms with van der Waals surface area (Å²) >= 11 is 3.53. The molecule has 0 amide bonds. The average Bonchev–Trinajstić information content (AvgIpc) is 2.40. The Morgan fingerprint density at radius 2 is 1.71 bits per heavy atom. The van der Waals surface area contributed by atoms with Gasteiger partial charge in [-0.1, -0.05) is 45.3 Å². The molecule has 0 radical (unpaired) electrons. The average molecular weight is 349 g/mol. The van der Waals surface area contributed by atoms with E-state index in [4.69, 9.17) is 4.74 Å². The summed E-state index contributed by atoms with van der Waals surface area (Å²) in [7, 11) is 1.65. The van der Waals surface area contributed by atoms with Crippen molar-refractivity contribution < 1.29 is 9.84 Å². The van der Waals surface area contributed by atoms with Crippen LogP contribution in [0.4, 0.5) is 0 Å². The van der Waals surface area contributed by atoms with E-state index in [0.717, 1.165) is 15.8 Å². The number of hydrogen-bond acceptors (Lipinski definition) is 2. The number of aliphatic hydroxyl groups is 1. The first-order valence-corrected chi connectivity index (χ1v) is 7.85. The molecule has 1 atom stereocenters. The van der Waals surface area contributed by atoms with Crippen molar-refractivity contribution in [1.82, 2.24) is 0 Å². The quantitative estimate of drug-likeness (QED) is 0.876. The Morgan fingerprint density at radius 1 is 1.05 bits per heavy atom. The van der Waals surface area contributed by atoms with Crippen LogP contribution in [0.25, 0.3) is 0 Å². The number of aliphatic hydroxyl groups excluding tert-OH is 1. The van der Waals surface area contributed by atoms with Crippen LogP contribution in [-0.2, 0) is 12.8 Å². The molecular formula is C18H21BrO2. The lowest BCUT2D eigenvalue weighted by Gasteiger charge is -2.14. The third-order valence-electron chi connectivity index (χ3n) is 3.46. The van der Waals surface area contributed by atoms with E-state index in [1.165, 1.54) is 16.7 Å². The standard InChI is InChI=1S/C18H21BrO2/c1-12-6-13(2)8-14(7-12)9-16(20)10-15-11-17(21-3)4-5-18(15)19/h4-8,11,16,20H,9-10H2,1-3H3. The zero-order chi connectivity index (χ0) is 15.4. The lowest BCUT2D eigenvalue weighted by Crippen LogP contribution is -2.14. The summed E-state index contributed by atoms with van der Waals surface area (Å²) in [6, 6.07) is 12.2. The fourth-order valence-corrected chi connectivity index (χ4v) is 3.03. The topological polar surface area (TPSA) is 29.5 Å². The molecule has 0 aliphatic rings. The van der Waals surface area contributed by atoms with Crippen molar-refractivity contribution in [3.8, 4) is 5.75 Å². The maximum Gasteiger partial charge on any atom is 0.119 e. The predicted molar refractivity (Wildman–Crippen MR) is 90.0 cm³/mol. The summed E-state index contributed by atoms with van der Waals surface area (Å²) in [4.78, 5) is 0. The summed E-state index contributed by atoms with van der Waals surface area (Å²) in [6.45, 7) is 4.17. The molecule has 0 fully saturated rings. The van der Waals surface area contributed by atoms with Gasteiger partial charge in [-0.3, -0.25) is 0 Å². The van der Waals surface area contributed by atoms with Crippen molar-refractivity contribution in [2.24, 2.45) is 0 Å². The molecule has 2 nitrogen and oxygen atoms in total. The van der Waals surface area contributed by atoms with Gasteiger partial charge < -0.3 is 9.84 Å². The second kappa shape index (κ2) is 7.10. The van der Waals surface area contributed by atoms with Crippen molar-refractivity contribution >= 4 is 15.9 Å². The van der Waals surface area contributed by atoms with Gasteiger partial charge in [-0.25, -0.2) is 0 Å². The molecule has 0 saturated carbocycles. The van der Waals surface area contributed by atoms with Crippen LogP contribution in [0.3, 0.4) is 0 Å². The van der Waals surface area contributed by atoms with Gasteiger partial charge in [-0.15, -0.1) is 0 Å². The van der Waals surface area contributed by atoms with Crippen LogP contribution in [0.1, 0.15) is 22.3 Å². The van der Waals surface area contributed by atoms with Crippen molar-refractivity contribution in [1.29, 1.82) is 0 Å². The number of rotatable bonds is 5. The van der Waals surface area contributed by atoms with Crippen LogP contribution >= 0.6 is 15.9 Å². The Bertz CT molecular complexity index is 602. The summed E-state index contributed by atoms with van der Waals surface area (Å²) in [5.41, 5.74) is 4.71. The Kier molecular flexibility index (Phi) is 5.43. The van der Waals surface area contributed by atoms with Gasteiger partial charge in [0.25, 0.3) is 0 Å². The van der Waals surface area contributed by atoms with E-state index in [-0.39, 0.29) is 0 Å². The summed E-state index contributed by atoms with van der Waals surface area (Å²) in [5.74, 6) is 0.812. The zero-order valence-electron chi connectivity index (χ0n) is 12.7. The highest BCUT2D eigenvalue weighted by Crippen LogP contribution is 2.24. The first-order valence-electron chi connectivity index (χ1n) is 7.05. The molecule has 0 heterocycles. The number of aryl methyl sites for hydroxylation is 2. The monoisotopic (exact) mass is 348 g/mol. The van der Waals surface area contributed by atoms with E-state index in [1.54, 1.807) is 7.11 Å². The molecule has 0 saturated heterocycles. The molecule has 2 rings (SSSR count). The van der Waals surface area contributed by atoms with Crippen LogP contribution < -0.4 is 4.74 Å². The minimum absolute atomic E-state index is 0.408. The largest absolute Gasteiger partial charge is 0.497 e. The third kappa shape index (κ3) is 4.58. The predicted octanol–water partition coefficient (Wildman–Crippen LogP) is 4.22. The number of halogens is 1. The Morgan fingerprint density at radius 3 is 2.33 bits per heavy atom. The molecule has 2 aromatic rings. The molecule has 0 aromatic heterocycles. The van der Waals surface area contributed by atoms with Gasteiger partial charge in [0.05, 0.1) is 13.2 Å². The smallest absolute Gasteiger partial charge is 0.119 e. The van der Waals surface area contributed by atoms with E-state index in [0.29, 0.717) is 12.8 Å². The number of benzene rings is 2. The molecule has 0 bridgehead atoms. The molecule has 0 spiro atoms. The maximum atomic E-state index is 10.4. The Labute approximate surface area is 134 Å². The van der Waals surface area contributed by atoms with Gasteiger partial charge in [0.15, 0.2) is 0 Å². The molecule has 21 heavy (non-hydrogen) atoms. The van der Waals surface area contributed by atoms with E-state index in [9.17, 15) is 5.11 Å². The minimum Gasteiger partial charge on any atom is -0.497 e. The lowest BCUT2D eigenvalue weighted by molar-refractivity contribution is 0.175. The van der Waals surface area contributed by atoms with E-state index in [1.807, 2.05) is 18.2 Å². The van der Waals surface area contributed by atoms with Gasteiger partial charge in [0.2, 0.25) is 0 Å². The molecule has 112 valence electrons. The SMILES string of the molecule is COc1ccc(Br)c(CC(O)Cc2cc(C)cc(C)c2)c1. The van der Waals surface area contributed by atoms with Crippen LogP contribution in [0.15, 0.2) is 40.9 Å². The number of hydrogen-bond donors (Lipinski definition) is 1. The highest BCUT2D eigenvalue weighted by Gasteiger charge is 2.11. The van der Waals surface area contributed by atoms with Crippen molar-refractivity contribution in [3.63, 3.8) is 0 Å². The van der Waals surface area contributed by atoms with Gasteiger partial charge >= 0.3 is 0 Å². The van der Waals surface area contributed by atoms with Crippen LogP contribution in [0, 0.1) is 13.8 Å². The molecule has 2 aromatic carbocycles. The van der Waals surface area contributed by atoms with E-state index in [2.05, 4.69) is 48.0 Å². The zero-order valence-corrected chi connectivity index (χ0v) is 14.3. The van der Waals surface area contributed by atoms with Gasteiger partial charge in [-0.2, -0.15) is 0 Å². The Balaban J connectivity index is 2.09. The second-order valence-corrected chi connectivity index (χ2v) is 6.37.